The van der Waals surface area contributed by atoms with Gasteiger partial charge in [-0.1, -0.05) is 58.5 Å². The fourth-order valence-corrected chi connectivity index (χ4v) is 4.37. The normalized spacial score (nSPS) is 20.1. The fourth-order valence-electron chi connectivity index (χ4n) is 2.86. The van der Waals surface area contributed by atoms with Gasteiger partial charge in [-0.05, 0) is 18.6 Å². The first kappa shape index (κ1) is 17.9. The smallest absolute Gasteiger partial charge is 0.338 e. The van der Waals surface area contributed by atoms with Crippen LogP contribution in [0.2, 0.25) is 0 Å². The van der Waals surface area contributed by atoms with Crippen LogP contribution >= 0.6 is 27.7 Å². The molecule has 0 aromatic heterocycles. The van der Waals surface area contributed by atoms with Crippen LogP contribution in [0.5, 0.6) is 0 Å². The van der Waals surface area contributed by atoms with Crippen LogP contribution in [0.1, 0.15) is 24.9 Å². The molecule has 1 aromatic carbocycles. The molecule has 2 aliphatic rings. The molecule has 0 saturated carbocycles. The molecule has 7 heteroatoms. The molecule has 3 rings (SSSR count). The fraction of sp³-hybridized carbons (Fsp3) is 0.278. The molecule has 0 radical (unpaired) electrons. The highest BCUT2D eigenvalue weighted by Crippen LogP contribution is 2.42. The van der Waals surface area contributed by atoms with E-state index in [9.17, 15) is 9.59 Å². The second-order valence-electron chi connectivity index (χ2n) is 5.57. The zero-order valence-corrected chi connectivity index (χ0v) is 16.1. The topological polar surface area (TPSA) is 59.0 Å². The van der Waals surface area contributed by atoms with Crippen molar-refractivity contribution in [2.45, 2.75) is 19.4 Å². The van der Waals surface area contributed by atoms with Crippen LogP contribution in [0.25, 0.3) is 0 Å². The van der Waals surface area contributed by atoms with Gasteiger partial charge in [-0.2, -0.15) is 0 Å². The monoisotopic (exact) mass is 420 g/mol. The molecular formula is C18H17BrN2O3S. The Bertz CT molecular complexity index is 803. The predicted molar refractivity (Wildman–Crippen MR) is 102 cm³/mol. The van der Waals surface area contributed by atoms with Gasteiger partial charge in [-0.25, -0.2) is 9.79 Å². The van der Waals surface area contributed by atoms with E-state index in [1.165, 1.54) is 17.8 Å². The number of carbonyl (C=O) groups is 2. The maximum absolute atomic E-state index is 12.7. The molecule has 1 amide bonds. The lowest BCUT2D eigenvalue weighted by Gasteiger charge is -2.39. The number of nitrogens with zero attached hydrogens (tertiary/aromatic N) is 2. The summed E-state index contributed by atoms with van der Waals surface area (Å²) in [6.45, 7) is 5.45. The van der Waals surface area contributed by atoms with Crippen molar-refractivity contribution < 1.29 is 14.3 Å². The van der Waals surface area contributed by atoms with Gasteiger partial charge in [0.15, 0.2) is 5.17 Å². The van der Waals surface area contributed by atoms with E-state index in [1.807, 2.05) is 24.3 Å². The number of halogens is 1. The summed E-state index contributed by atoms with van der Waals surface area (Å²) in [6, 6.07) is 7.02. The third-order valence-corrected chi connectivity index (χ3v) is 5.64. The van der Waals surface area contributed by atoms with Crippen LogP contribution < -0.4 is 0 Å². The lowest BCUT2D eigenvalue weighted by Crippen LogP contribution is -2.46. The maximum Gasteiger partial charge on any atom is 0.338 e. The Balaban J connectivity index is 2.15. The number of allylic oxidation sites excluding steroid dienone is 1. The number of hydrogen-bond acceptors (Lipinski definition) is 5. The lowest BCUT2D eigenvalue weighted by molar-refractivity contribution is -0.139. The summed E-state index contributed by atoms with van der Waals surface area (Å²) in [5.41, 5.74) is 1.78. The summed E-state index contributed by atoms with van der Waals surface area (Å²) in [4.78, 5) is 31.4. The van der Waals surface area contributed by atoms with Crippen LogP contribution in [0.3, 0.4) is 0 Å². The van der Waals surface area contributed by atoms with Gasteiger partial charge in [0, 0.05) is 16.6 Å². The van der Waals surface area contributed by atoms with Gasteiger partial charge in [0.1, 0.15) is 6.61 Å². The summed E-state index contributed by atoms with van der Waals surface area (Å²) in [5.74, 6) is 0.171. The second-order valence-corrected chi connectivity index (χ2v) is 7.48. The number of ether oxygens (including phenoxy) is 1. The van der Waals surface area contributed by atoms with Gasteiger partial charge in [-0.3, -0.25) is 9.69 Å². The minimum Gasteiger partial charge on any atom is -0.458 e. The molecule has 0 unspecified atom stereocenters. The van der Waals surface area contributed by atoms with Crippen LogP contribution in [0, 0.1) is 0 Å². The molecule has 5 nitrogen and oxygen atoms in total. The number of amidine groups is 1. The number of thioether (sulfide) groups is 1. The molecule has 0 bridgehead atoms. The van der Waals surface area contributed by atoms with E-state index >= 15 is 0 Å². The molecule has 25 heavy (non-hydrogen) atoms. The average Bonchev–Trinajstić information content (AvgIpc) is 2.59. The van der Waals surface area contributed by atoms with Crippen molar-refractivity contribution in [3.8, 4) is 0 Å². The number of rotatable bonds is 4. The quantitative estimate of drug-likeness (QED) is 0.548. The van der Waals surface area contributed by atoms with E-state index in [4.69, 9.17) is 4.74 Å². The van der Waals surface area contributed by atoms with Crippen LogP contribution in [-0.4, -0.2) is 34.3 Å². The summed E-state index contributed by atoms with van der Waals surface area (Å²) < 4.78 is 6.09. The van der Waals surface area contributed by atoms with Gasteiger partial charge < -0.3 is 4.74 Å². The van der Waals surface area contributed by atoms with Crippen molar-refractivity contribution in [3.05, 3.63) is 58.2 Å². The standard InChI is InChI=1S/C18H17BrN2O3S/c1-3-9-24-17(23)15-11(2)20-18-21(14(22)8-10-25-18)16(15)12-6-4-5-7-13(12)19/h3-7,16H,1,8-10H2,2H3/t16-/m1/s1. The molecule has 0 aliphatic carbocycles. The molecule has 1 aromatic rings. The van der Waals surface area contributed by atoms with Crippen molar-refractivity contribution in [2.24, 2.45) is 4.99 Å². The van der Waals surface area contributed by atoms with E-state index in [1.54, 1.807) is 11.8 Å². The Kier molecular flexibility index (Phi) is 5.44. The van der Waals surface area contributed by atoms with E-state index in [0.29, 0.717) is 28.6 Å². The second kappa shape index (κ2) is 7.58. The van der Waals surface area contributed by atoms with Crippen molar-refractivity contribution >= 4 is 44.7 Å². The first-order valence-electron chi connectivity index (χ1n) is 7.81. The van der Waals surface area contributed by atoms with Gasteiger partial charge in [0.25, 0.3) is 0 Å². The molecule has 0 spiro atoms. The number of esters is 1. The third kappa shape index (κ3) is 3.43. The zero-order chi connectivity index (χ0) is 18.0. The number of benzene rings is 1. The highest BCUT2D eigenvalue weighted by Gasteiger charge is 2.42. The van der Waals surface area contributed by atoms with Crippen LogP contribution in [0.4, 0.5) is 0 Å². The number of fused-ring (bicyclic) bond motifs is 1. The van der Waals surface area contributed by atoms with E-state index < -0.39 is 12.0 Å². The van der Waals surface area contributed by atoms with Gasteiger partial charge in [0.2, 0.25) is 5.91 Å². The lowest BCUT2D eigenvalue weighted by atomic mass is 9.94. The third-order valence-electron chi connectivity index (χ3n) is 3.96. The van der Waals surface area contributed by atoms with Crippen LogP contribution in [0.15, 0.2) is 57.7 Å². The Morgan fingerprint density at radius 1 is 1.52 bits per heavy atom. The summed E-state index contributed by atoms with van der Waals surface area (Å²) >= 11 is 5.07. The van der Waals surface area contributed by atoms with E-state index in [-0.39, 0.29) is 12.5 Å². The SMILES string of the molecule is C=CCOC(=O)C1=C(C)N=C2SCCC(=O)N2[C@@H]1c1ccccc1Br. The van der Waals surface area contributed by atoms with Gasteiger partial charge in [-0.15, -0.1) is 0 Å². The summed E-state index contributed by atoms with van der Waals surface area (Å²) in [5, 5.41) is 0.634. The largest absolute Gasteiger partial charge is 0.458 e. The average molecular weight is 421 g/mol. The molecule has 1 atom stereocenters. The van der Waals surface area contributed by atoms with Crippen LogP contribution in [-0.2, 0) is 14.3 Å². The van der Waals surface area contributed by atoms with Crippen molar-refractivity contribution in [1.82, 2.24) is 4.90 Å². The molecule has 130 valence electrons. The number of amides is 1. The maximum atomic E-state index is 12.7. The van der Waals surface area contributed by atoms with Crippen molar-refractivity contribution in [3.63, 3.8) is 0 Å². The summed E-state index contributed by atoms with van der Waals surface area (Å²) in [7, 11) is 0. The van der Waals surface area contributed by atoms with Crippen molar-refractivity contribution in [1.29, 1.82) is 0 Å². The zero-order valence-electron chi connectivity index (χ0n) is 13.7. The molecule has 2 heterocycles. The molecule has 0 N–H and O–H groups in total. The Morgan fingerprint density at radius 3 is 3.00 bits per heavy atom. The summed E-state index contributed by atoms with van der Waals surface area (Å²) in [6.07, 6.45) is 1.93. The van der Waals surface area contributed by atoms with Gasteiger partial charge in [0.05, 0.1) is 17.3 Å². The van der Waals surface area contributed by atoms with E-state index in [0.717, 1.165) is 10.0 Å². The molecule has 2 aliphatic heterocycles. The number of hydrogen-bond donors (Lipinski definition) is 0. The Labute approximate surface area is 159 Å². The van der Waals surface area contributed by atoms with Gasteiger partial charge >= 0.3 is 5.97 Å². The molecule has 1 saturated heterocycles. The minimum atomic E-state index is -0.555. The number of aliphatic imine (C=N–C) groups is 1. The van der Waals surface area contributed by atoms with Crippen molar-refractivity contribution in [2.75, 3.05) is 12.4 Å². The first-order chi connectivity index (χ1) is 12.0. The Morgan fingerprint density at radius 2 is 2.28 bits per heavy atom. The Hall–Kier alpha value is -1.86. The van der Waals surface area contributed by atoms with E-state index in [2.05, 4.69) is 27.5 Å². The highest BCUT2D eigenvalue weighted by molar-refractivity contribution is 9.10. The predicted octanol–water partition coefficient (Wildman–Crippen LogP) is 3.83. The molecule has 1 fully saturated rings. The number of carbonyl (C=O) groups excluding carboxylic acids is 2. The molecular weight excluding hydrogens is 404 g/mol. The first-order valence-corrected chi connectivity index (χ1v) is 9.59. The highest BCUT2D eigenvalue weighted by atomic mass is 79.9. The minimum absolute atomic E-state index is 0.0419.